The Morgan fingerprint density at radius 1 is 1.44 bits per heavy atom. The third kappa shape index (κ3) is 2.44. The molecule has 0 bridgehead atoms. The molecule has 2 rings (SSSR count). The zero-order chi connectivity index (χ0) is 13.3. The lowest BCUT2D eigenvalue weighted by atomic mass is 10.2. The zero-order valence-electron chi connectivity index (χ0n) is 9.28. The van der Waals surface area contributed by atoms with Crippen LogP contribution in [0.5, 0.6) is 0 Å². The fourth-order valence-corrected chi connectivity index (χ4v) is 2.11. The summed E-state index contributed by atoms with van der Waals surface area (Å²) in [5, 5.41) is 18.6. The molecule has 1 amide bonds. The van der Waals surface area contributed by atoms with Crippen molar-refractivity contribution >= 4 is 23.5 Å². The van der Waals surface area contributed by atoms with Gasteiger partial charge in [-0.15, -0.1) is 0 Å². The molecule has 2 N–H and O–H groups in total. The lowest BCUT2D eigenvalue weighted by Crippen LogP contribution is -2.40. The predicted molar refractivity (Wildman–Crippen MR) is 62.3 cm³/mol. The van der Waals surface area contributed by atoms with Gasteiger partial charge in [-0.2, -0.15) is 0 Å². The van der Waals surface area contributed by atoms with Gasteiger partial charge in [0.15, 0.2) is 0 Å². The maximum atomic E-state index is 12.1. The van der Waals surface area contributed by atoms with Crippen molar-refractivity contribution in [2.45, 2.75) is 18.6 Å². The molecule has 1 aliphatic rings. The Morgan fingerprint density at radius 3 is 2.78 bits per heavy atom. The Morgan fingerprint density at radius 2 is 2.17 bits per heavy atom. The summed E-state index contributed by atoms with van der Waals surface area (Å²) in [4.78, 5) is 28.0. The summed E-state index contributed by atoms with van der Waals surface area (Å²) in [7, 11) is 0. The van der Waals surface area contributed by atoms with E-state index in [0.29, 0.717) is 0 Å². The highest BCUT2D eigenvalue weighted by Gasteiger charge is 2.39. The molecule has 0 aliphatic carbocycles. The average molecular weight is 271 g/mol. The first-order chi connectivity index (χ1) is 8.49. The normalized spacial score (nSPS) is 23.1. The minimum Gasteiger partial charge on any atom is -0.480 e. The van der Waals surface area contributed by atoms with Gasteiger partial charge in [-0.3, -0.25) is 4.79 Å². The van der Waals surface area contributed by atoms with Crippen molar-refractivity contribution < 1.29 is 19.8 Å². The zero-order valence-corrected chi connectivity index (χ0v) is 10.0. The number of aliphatic hydroxyl groups is 1. The van der Waals surface area contributed by atoms with Crippen molar-refractivity contribution in [2.75, 3.05) is 6.54 Å². The predicted octanol–water partition coefficient (Wildman–Crippen LogP) is 0.395. The molecule has 0 spiro atoms. The van der Waals surface area contributed by atoms with Crippen molar-refractivity contribution in [3.8, 4) is 0 Å². The van der Waals surface area contributed by atoms with Gasteiger partial charge in [0.25, 0.3) is 5.91 Å². The monoisotopic (exact) mass is 270 g/mol. The molecule has 2 heterocycles. The van der Waals surface area contributed by atoms with Crippen molar-refractivity contribution in [2.24, 2.45) is 0 Å². The van der Waals surface area contributed by atoms with Gasteiger partial charge in [0.05, 0.1) is 6.10 Å². The van der Waals surface area contributed by atoms with Crippen LogP contribution in [-0.2, 0) is 4.79 Å². The second-order valence-electron chi connectivity index (χ2n) is 4.05. The van der Waals surface area contributed by atoms with E-state index in [9.17, 15) is 14.7 Å². The smallest absolute Gasteiger partial charge is 0.326 e. The molecule has 18 heavy (non-hydrogen) atoms. The van der Waals surface area contributed by atoms with Crippen LogP contribution in [0.25, 0.3) is 0 Å². The van der Waals surface area contributed by atoms with E-state index in [2.05, 4.69) is 4.98 Å². The number of nitrogens with zero attached hydrogens (tertiary/aromatic N) is 2. The van der Waals surface area contributed by atoms with Crippen LogP contribution in [0.4, 0.5) is 0 Å². The van der Waals surface area contributed by atoms with Crippen LogP contribution in [0.1, 0.15) is 16.9 Å². The molecule has 1 saturated heterocycles. The Kier molecular flexibility index (Phi) is 3.49. The molecule has 1 aliphatic heterocycles. The molecule has 1 fully saturated rings. The van der Waals surface area contributed by atoms with Crippen molar-refractivity contribution in [3.05, 3.63) is 29.0 Å². The number of carboxylic acids is 1. The molecule has 2 atom stereocenters. The number of amides is 1. The van der Waals surface area contributed by atoms with E-state index in [4.69, 9.17) is 16.7 Å². The molecule has 96 valence electrons. The SMILES string of the molecule is O=C(O)[C@@H]1CC(O)CN1C(=O)c1cccc(Cl)n1. The van der Waals surface area contributed by atoms with Gasteiger partial charge < -0.3 is 15.1 Å². The van der Waals surface area contributed by atoms with E-state index in [1.54, 1.807) is 6.07 Å². The fourth-order valence-electron chi connectivity index (χ4n) is 1.95. The quantitative estimate of drug-likeness (QED) is 0.759. The van der Waals surface area contributed by atoms with Crippen LogP contribution in [0.15, 0.2) is 18.2 Å². The number of hydrogen-bond acceptors (Lipinski definition) is 4. The molecule has 0 saturated carbocycles. The number of β-amino-alcohol motifs (C(OH)–C–C–N with tert-alkyl or cyclic N) is 1. The number of aliphatic carboxylic acids is 1. The van der Waals surface area contributed by atoms with Crippen LogP contribution in [-0.4, -0.2) is 50.7 Å². The molecule has 6 nitrogen and oxygen atoms in total. The molecule has 1 aromatic heterocycles. The maximum absolute atomic E-state index is 12.1. The number of carbonyl (C=O) groups excluding carboxylic acids is 1. The third-order valence-corrected chi connectivity index (χ3v) is 2.97. The number of aliphatic hydroxyl groups excluding tert-OH is 1. The molecular weight excluding hydrogens is 260 g/mol. The van der Waals surface area contributed by atoms with E-state index in [-0.39, 0.29) is 23.8 Å². The number of aromatic nitrogens is 1. The minimum absolute atomic E-state index is 0.00993. The highest BCUT2D eigenvalue weighted by Crippen LogP contribution is 2.20. The maximum Gasteiger partial charge on any atom is 0.326 e. The summed E-state index contributed by atoms with van der Waals surface area (Å²) < 4.78 is 0. The average Bonchev–Trinajstić information content (AvgIpc) is 2.70. The van der Waals surface area contributed by atoms with E-state index in [0.717, 1.165) is 4.90 Å². The molecule has 0 radical (unpaired) electrons. The second kappa shape index (κ2) is 4.91. The number of carbonyl (C=O) groups is 2. The van der Waals surface area contributed by atoms with Gasteiger partial charge in [-0.05, 0) is 12.1 Å². The first-order valence-electron chi connectivity index (χ1n) is 5.33. The van der Waals surface area contributed by atoms with Gasteiger partial charge in [0.1, 0.15) is 16.9 Å². The van der Waals surface area contributed by atoms with Crippen LogP contribution < -0.4 is 0 Å². The molecule has 1 aromatic rings. The van der Waals surface area contributed by atoms with E-state index in [1.165, 1.54) is 12.1 Å². The first kappa shape index (κ1) is 12.8. The van der Waals surface area contributed by atoms with Gasteiger partial charge in [-0.1, -0.05) is 17.7 Å². The molecule has 7 heteroatoms. The Labute approximate surface area is 108 Å². The summed E-state index contributed by atoms with van der Waals surface area (Å²) in [6, 6.07) is 3.52. The van der Waals surface area contributed by atoms with E-state index >= 15 is 0 Å². The summed E-state index contributed by atoms with van der Waals surface area (Å²) in [5.41, 5.74) is 0.0721. The van der Waals surface area contributed by atoms with Crippen LogP contribution in [0.2, 0.25) is 5.15 Å². The van der Waals surface area contributed by atoms with Gasteiger partial charge in [0, 0.05) is 13.0 Å². The van der Waals surface area contributed by atoms with Gasteiger partial charge in [0.2, 0.25) is 0 Å². The van der Waals surface area contributed by atoms with Crippen molar-refractivity contribution in [3.63, 3.8) is 0 Å². The minimum atomic E-state index is -1.14. The Bertz CT molecular complexity index is 494. The Balaban J connectivity index is 2.25. The third-order valence-electron chi connectivity index (χ3n) is 2.76. The largest absolute Gasteiger partial charge is 0.480 e. The second-order valence-corrected chi connectivity index (χ2v) is 4.43. The van der Waals surface area contributed by atoms with E-state index < -0.39 is 24.0 Å². The highest BCUT2D eigenvalue weighted by molar-refractivity contribution is 6.29. The van der Waals surface area contributed by atoms with Crippen molar-refractivity contribution in [1.82, 2.24) is 9.88 Å². The Hall–Kier alpha value is -1.66. The summed E-state index contributed by atoms with van der Waals surface area (Å²) in [6.45, 7) is -0.00993. The molecule has 0 aromatic carbocycles. The number of likely N-dealkylation sites (tertiary alicyclic amines) is 1. The first-order valence-corrected chi connectivity index (χ1v) is 5.71. The summed E-state index contributed by atoms with van der Waals surface area (Å²) in [6.07, 6.45) is -0.795. The van der Waals surface area contributed by atoms with Gasteiger partial charge in [-0.25, -0.2) is 9.78 Å². The highest BCUT2D eigenvalue weighted by atomic mass is 35.5. The number of pyridine rings is 1. The molecule has 1 unspecified atom stereocenters. The van der Waals surface area contributed by atoms with Crippen LogP contribution >= 0.6 is 11.6 Å². The van der Waals surface area contributed by atoms with Gasteiger partial charge >= 0.3 is 5.97 Å². The molecular formula is C11H11ClN2O4. The number of halogens is 1. The summed E-state index contributed by atoms with van der Waals surface area (Å²) in [5.74, 6) is -1.68. The van der Waals surface area contributed by atoms with Crippen LogP contribution in [0, 0.1) is 0 Å². The fraction of sp³-hybridized carbons (Fsp3) is 0.364. The number of rotatable bonds is 2. The van der Waals surface area contributed by atoms with Crippen molar-refractivity contribution in [1.29, 1.82) is 0 Å². The topological polar surface area (TPSA) is 90.7 Å². The number of carboxylic acid groups (broad SMARTS) is 1. The van der Waals surface area contributed by atoms with E-state index in [1.807, 2.05) is 0 Å². The number of hydrogen-bond donors (Lipinski definition) is 2. The van der Waals surface area contributed by atoms with Crippen LogP contribution in [0.3, 0.4) is 0 Å². The summed E-state index contributed by atoms with van der Waals surface area (Å²) >= 11 is 5.68. The lowest BCUT2D eigenvalue weighted by Gasteiger charge is -2.20. The standard InChI is InChI=1S/C11H11ClN2O4/c12-9-3-1-2-7(13-9)10(16)14-5-6(15)4-8(14)11(17)18/h1-3,6,8,15H,4-5H2,(H,17,18)/t6?,8-/m0/s1. The lowest BCUT2D eigenvalue weighted by molar-refractivity contribution is -0.141.